The van der Waals surface area contributed by atoms with Crippen molar-refractivity contribution in [1.82, 2.24) is 0 Å². The Hall–Kier alpha value is -0.960. The van der Waals surface area contributed by atoms with Crippen molar-refractivity contribution in [1.29, 1.82) is 0 Å². The maximum Gasteiger partial charge on any atom is 0.333 e. The highest BCUT2D eigenvalue weighted by atomic mass is 32.2. The molecule has 0 unspecified atom stereocenters. The monoisotopic (exact) mass is 297 g/mol. The number of nitrogens with two attached hydrogens (primary N) is 1. The number of esters is 1. The quantitative estimate of drug-likeness (QED) is 0.285. The lowest BCUT2D eigenvalue weighted by Crippen LogP contribution is -2.36. The molecule has 0 spiro atoms. The van der Waals surface area contributed by atoms with Crippen LogP contribution >= 0.6 is 0 Å². The Morgan fingerprint density at radius 1 is 1.32 bits per heavy atom. The van der Waals surface area contributed by atoms with Crippen LogP contribution in [-0.4, -0.2) is 44.4 Å². The second-order valence-electron chi connectivity index (χ2n) is 4.49. The zero-order valence-electron chi connectivity index (χ0n) is 11.6. The summed E-state index contributed by atoms with van der Waals surface area (Å²) >= 11 is 0. The van der Waals surface area contributed by atoms with Crippen molar-refractivity contribution in [3.8, 4) is 0 Å². The number of carbonyl (C=O) groups excluding carboxylic acids is 1. The first-order valence-corrected chi connectivity index (χ1v) is 6.96. The summed E-state index contributed by atoms with van der Waals surface area (Å²) in [4.78, 5) is 11.0. The van der Waals surface area contributed by atoms with Gasteiger partial charge in [-0.25, -0.2) is 4.79 Å². The van der Waals surface area contributed by atoms with E-state index in [1.165, 1.54) is 20.8 Å². The first-order chi connectivity index (χ1) is 8.14. The van der Waals surface area contributed by atoms with Crippen molar-refractivity contribution < 1.29 is 27.6 Å². The van der Waals surface area contributed by atoms with Crippen LogP contribution in [0, 0.1) is 0 Å². The molecule has 0 aromatic heterocycles. The van der Waals surface area contributed by atoms with E-state index in [-0.39, 0.29) is 30.8 Å². The molecule has 4 N–H and O–H groups in total. The number of ether oxygens (including phenoxy) is 1. The topological polar surface area (TPSA) is 127 Å². The van der Waals surface area contributed by atoms with E-state index in [0.29, 0.717) is 6.42 Å². The lowest BCUT2D eigenvalue weighted by atomic mass is 10.1. The summed E-state index contributed by atoms with van der Waals surface area (Å²) in [6, 6.07) is 0. The molecule has 0 heterocycles. The largest absolute Gasteiger partial charge is 0.460 e. The van der Waals surface area contributed by atoms with Crippen molar-refractivity contribution in [2.45, 2.75) is 31.9 Å². The van der Waals surface area contributed by atoms with Crippen LogP contribution in [0.3, 0.4) is 0 Å². The van der Waals surface area contributed by atoms with Crippen molar-refractivity contribution in [2.75, 3.05) is 19.8 Å². The first kappa shape index (κ1) is 20.4. The molecule has 7 nitrogen and oxygen atoms in total. The SMILES string of the molecule is C=C(C)C(=O)OCCOS(=O)(=O)C(C)(C)CCN.O. The zero-order valence-corrected chi connectivity index (χ0v) is 12.4. The molecule has 8 heteroatoms. The number of rotatable bonds is 8. The molecule has 0 radical (unpaired) electrons. The summed E-state index contributed by atoms with van der Waals surface area (Å²) in [5.41, 5.74) is 5.59. The Morgan fingerprint density at radius 2 is 1.84 bits per heavy atom. The van der Waals surface area contributed by atoms with Crippen LogP contribution in [0.25, 0.3) is 0 Å². The Kier molecular flexibility index (Phi) is 8.85. The highest BCUT2D eigenvalue weighted by Gasteiger charge is 2.34. The fourth-order valence-electron chi connectivity index (χ4n) is 1.03. The van der Waals surface area contributed by atoms with Gasteiger partial charge >= 0.3 is 5.97 Å². The molecule has 0 aliphatic rings. The number of carbonyl (C=O) groups is 1. The molecule has 0 fully saturated rings. The third-order valence-electron chi connectivity index (χ3n) is 2.33. The standard InChI is InChI=1S/C11H21NO5S.H2O/c1-9(2)10(13)16-7-8-17-18(14,15)11(3,4)5-6-12;/h1,5-8,12H2,2-4H3;1H2. The molecule has 0 saturated carbocycles. The van der Waals surface area contributed by atoms with Gasteiger partial charge in [0.05, 0.1) is 4.75 Å². The number of hydrogen-bond donors (Lipinski definition) is 1. The molecular weight excluding hydrogens is 274 g/mol. The molecule has 19 heavy (non-hydrogen) atoms. The molecule has 114 valence electrons. The predicted octanol–water partition coefficient (Wildman–Crippen LogP) is -0.245. The van der Waals surface area contributed by atoms with Crippen LogP contribution in [0.4, 0.5) is 0 Å². The van der Waals surface area contributed by atoms with Crippen molar-refractivity contribution in [2.24, 2.45) is 5.73 Å². The molecular formula is C11H23NO6S. The van der Waals surface area contributed by atoms with Crippen LogP contribution in [0.15, 0.2) is 12.2 Å². The van der Waals surface area contributed by atoms with Crippen LogP contribution in [0.1, 0.15) is 27.2 Å². The predicted molar refractivity (Wildman–Crippen MR) is 72.0 cm³/mol. The average molecular weight is 297 g/mol. The van der Waals surface area contributed by atoms with E-state index >= 15 is 0 Å². The maximum atomic E-state index is 11.8. The third-order valence-corrected chi connectivity index (χ3v) is 4.36. The summed E-state index contributed by atoms with van der Waals surface area (Å²) in [7, 11) is -3.73. The Balaban J connectivity index is 0. The van der Waals surface area contributed by atoms with E-state index in [0.717, 1.165) is 0 Å². The summed E-state index contributed by atoms with van der Waals surface area (Å²) < 4.78 is 32.0. The van der Waals surface area contributed by atoms with Gasteiger partial charge in [0.2, 0.25) is 0 Å². The summed E-state index contributed by atoms with van der Waals surface area (Å²) in [5.74, 6) is -0.572. The van der Waals surface area contributed by atoms with Crippen LogP contribution in [-0.2, 0) is 23.8 Å². The molecule has 0 saturated heterocycles. The van der Waals surface area contributed by atoms with E-state index in [2.05, 4.69) is 6.58 Å². The minimum absolute atomic E-state index is 0. The second-order valence-corrected chi connectivity index (χ2v) is 6.74. The minimum Gasteiger partial charge on any atom is -0.460 e. The molecule has 0 aromatic carbocycles. The van der Waals surface area contributed by atoms with Crippen LogP contribution < -0.4 is 5.73 Å². The molecule has 0 aromatic rings. The van der Waals surface area contributed by atoms with Gasteiger partial charge in [-0.2, -0.15) is 8.42 Å². The molecule has 0 aliphatic heterocycles. The Labute approximate surface area is 114 Å². The first-order valence-electron chi connectivity index (χ1n) is 5.56. The van der Waals surface area contributed by atoms with Gasteiger partial charge in [-0.15, -0.1) is 0 Å². The van der Waals surface area contributed by atoms with E-state index < -0.39 is 20.8 Å². The van der Waals surface area contributed by atoms with E-state index in [1.807, 2.05) is 0 Å². The van der Waals surface area contributed by atoms with E-state index in [1.54, 1.807) is 0 Å². The summed E-state index contributed by atoms with van der Waals surface area (Å²) in [6.07, 6.45) is 0.293. The van der Waals surface area contributed by atoms with Gasteiger partial charge in [0, 0.05) is 5.57 Å². The lowest BCUT2D eigenvalue weighted by molar-refractivity contribution is -0.139. The Bertz CT molecular complexity index is 401. The highest BCUT2D eigenvalue weighted by Crippen LogP contribution is 2.21. The van der Waals surface area contributed by atoms with Crippen molar-refractivity contribution in [3.63, 3.8) is 0 Å². The molecule has 0 rings (SSSR count). The smallest absolute Gasteiger partial charge is 0.333 e. The summed E-state index contributed by atoms with van der Waals surface area (Å²) in [5, 5.41) is 0. The maximum absolute atomic E-state index is 11.8. The average Bonchev–Trinajstić information content (AvgIpc) is 2.23. The normalized spacial score (nSPS) is 11.6. The minimum atomic E-state index is -3.73. The molecule has 0 amide bonds. The van der Waals surface area contributed by atoms with Crippen molar-refractivity contribution >= 4 is 16.1 Å². The molecule has 0 aliphatic carbocycles. The van der Waals surface area contributed by atoms with Crippen LogP contribution in [0.2, 0.25) is 0 Å². The fourth-order valence-corrected chi connectivity index (χ4v) is 2.01. The van der Waals surface area contributed by atoms with Gasteiger partial charge in [-0.3, -0.25) is 4.18 Å². The van der Waals surface area contributed by atoms with Crippen molar-refractivity contribution in [3.05, 3.63) is 12.2 Å². The van der Waals surface area contributed by atoms with Gasteiger partial charge in [0.1, 0.15) is 13.2 Å². The molecule has 0 atom stereocenters. The van der Waals surface area contributed by atoms with Crippen LogP contribution in [0.5, 0.6) is 0 Å². The van der Waals surface area contributed by atoms with E-state index in [4.69, 9.17) is 14.7 Å². The highest BCUT2D eigenvalue weighted by molar-refractivity contribution is 7.88. The molecule has 0 bridgehead atoms. The van der Waals surface area contributed by atoms with Gasteiger partial charge in [0.15, 0.2) is 0 Å². The van der Waals surface area contributed by atoms with Gasteiger partial charge in [-0.05, 0) is 33.7 Å². The fraction of sp³-hybridized carbons (Fsp3) is 0.727. The van der Waals surface area contributed by atoms with Gasteiger partial charge in [-0.1, -0.05) is 6.58 Å². The van der Waals surface area contributed by atoms with Gasteiger partial charge in [0.25, 0.3) is 10.1 Å². The number of hydrogen-bond acceptors (Lipinski definition) is 6. The third kappa shape index (κ3) is 6.67. The second kappa shape index (κ2) is 8.26. The lowest BCUT2D eigenvalue weighted by Gasteiger charge is -2.23. The summed E-state index contributed by atoms with van der Waals surface area (Å²) in [6.45, 7) is 7.88. The van der Waals surface area contributed by atoms with Gasteiger partial charge < -0.3 is 15.9 Å². The Morgan fingerprint density at radius 3 is 2.26 bits per heavy atom. The van der Waals surface area contributed by atoms with E-state index in [9.17, 15) is 13.2 Å². The zero-order chi connectivity index (χ0) is 14.4.